The summed E-state index contributed by atoms with van der Waals surface area (Å²) < 4.78 is 0. The molecule has 0 unspecified atom stereocenters. The smallest absolute Gasteiger partial charge is 0.238 e. The molecule has 1 saturated heterocycles. The van der Waals surface area contributed by atoms with Gasteiger partial charge in [-0.1, -0.05) is 78.9 Å². The fraction of sp³-hybridized carbons (Fsp3) is 0.267. The second-order valence-electron chi connectivity index (χ2n) is 9.52. The number of nitrogens with one attached hydrogen (secondary N) is 1. The maximum absolute atomic E-state index is 13.1. The van der Waals surface area contributed by atoms with Crippen LogP contribution in [0, 0.1) is 0 Å². The Morgan fingerprint density at radius 1 is 0.861 bits per heavy atom. The molecule has 6 heteroatoms. The van der Waals surface area contributed by atoms with Gasteiger partial charge in [0.15, 0.2) is 0 Å². The molecule has 3 aromatic carbocycles. The zero-order valence-corrected chi connectivity index (χ0v) is 21.0. The van der Waals surface area contributed by atoms with Crippen LogP contribution in [0.25, 0.3) is 10.9 Å². The second-order valence-corrected chi connectivity index (χ2v) is 9.52. The van der Waals surface area contributed by atoms with Gasteiger partial charge in [0.25, 0.3) is 0 Å². The Bertz CT molecular complexity index is 1260. The van der Waals surface area contributed by atoms with E-state index in [1.165, 1.54) is 11.1 Å². The normalized spacial score (nSPS) is 14.8. The van der Waals surface area contributed by atoms with Crippen LogP contribution in [0.5, 0.6) is 0 Å². The fourth-order valence-electron chi connectivity index (χ4n) is 4.95. The zero-order valence-electron chi connectivity index (χ0n) is 21.0. The molecule has 5 rings (SSSR count). The number of nitrogens with zero attached hydrogens (tertiary/aromatic N) is 4. The van der Waals surface area contributed by atoms with Crippen LogP contribution in [0.3, 0.4) is 0 Å². The van der Waals surface area contributed by atoms with Crippen molar-refractivity contribution < 1.29 is 4.79 Å². The monoisotopic (exact) mass is 479 g/mol. The number of benzene rings is 3. The Hall–Kier alpha value is -3.74. The summed E-state index contributed by atoms with van der Waals surface area (Å²) in [7, 11) is 3.92. The number of aromatic nitrogens is 1. The number of amides is 1. The topological polar surface area (TPSA) is 51.7 Å². The standard InChI is InChI=1S/C30H33N5O/c1-33(2)28-21-27(25-15-9-10-16-26(25)31-28)32-29(36)22-34-17-19-35(20-18-34)30(23-11-5-3-6-12-23)24-13-7-4-8-14-24/h3-16,21,30H,17-20,22H2,1-2H3,(H,31,32,36). The summed E-state index contributed by atoms with van der Waals surface area (Å²) >= 11 is 0. The van der Waals surface area contributed by atoms with Crippen molar-refractivity contribution >= 4 is 28.3 Å². The van der Waals surface area contributed by atoms with Crippen LogP contribution in [-0.2, 0) is 4.79 Å². The Morgan fingerprint density at radius 2 is 1.44 bits per heavy atom. The Balaban J connectivity index is 1.25. The molecule has 1 aliphatic heterocycles. The van der Waals surface area contributed by atoms with Gasteiger partial charge in [-0.15, -0.1) is 0 Å². The molecular formula is C30H33N5O. The molecule has 2 heterocycles. The molecule has 0 atom stereocenters. The molecule has 1 aliphatic rings. The van der Waals surface area contributed by atoms with E-state index in [4.69, 9.17) is 4.98 Å². The second kappa shape index (κ2) is 10.9. The van der Waals surface area contributed by atoms with Gasteiger partial charge in [0.1, 0.15) is 5.82 Å². The number of anilines is 2. The van der Waals surface area contributed by atoms with Crippen LogP contribution in [-0.4, -0.2) is 67.5 Å². The van der Waals surface area contributed by atoms with Crippen LogP contribution in [0.1, 0.15) is 17.2 Å². The van der Waals surface area contributed by atoms with Gasteiger partial charge in [-0.05, 0) is 17.2 Å². The first-order chi connectivity index (χ1) is 17.6. The van der Waals surface area contributed by atoms with Gasteiger partial charge in [-0.2, -0.15) is 0 Å². The number of carbonyl (C=O) groups excluding carboxylic acids is 1. The number of pyridine rings is 1. The maximum atomic E-state index is 13.1. The van der Waals surface area contributed by atoms with Crippen molar-refractivity contribution in [3.05, 3.63) is 102 Å². The fourth-order valence-corrected chi connectivity index (χ4v) is 4.95. The van der Waals surface area contributed by atoms with E-state index < -0.39 is 0 Å². The van der Waals surface area contributed by atoms with Crippen molar-refractivity contribution in [3.8, 4) is 0 Å². The van der Waals surface area contributed by atoms with Gasteiger partial charge < -0.3 is 10.2 Å². The first-order valence-electron chi connectivity index (χ1n) is 12.5. The predicted molar refractivity (Wildman–Crippen MR) is 147 cm³/mol. The van der Waals surface area contributed by atoms with Crippen molar-refractivity contribution in [1.82, 2.24) is 14.8 Å². The molecule has 6 nitrogen and oxygen atoms in total. The minimum absolute atomic E-state index is 0.00665. The van der Waals surface area contributed by atoms with E-state index in [1.807, 2.05) is 49.3 Å². The van der Waals surface area contributed by atoms with Crippen molar-refractivity contribution in [2.75, 3.05) is 57.0 Å². The van der Waals surface area contributed by atoms with E-state index in [1.54, 1.807) is 0 Å². The van der Waals surface area contributed by atoms with Crippen molar-refractivity contribution in [2.24, 2.45) is 0 Å². The van der Waals surface area contributed by atoms with Gasteiger partial charge in [0.05, 0.1) is 23.8 Å². The third kappa shape index (κ3) is 5.40. The molecule has 0 bridgehead atoms. The summed E-state index contributed by atoms with van der Waals surface area (Å²) in [6, 6.07) is 31.5. The largest absolute Gasteiger partial charge is 0.363 e. The molecule has 4 aromatic rings. The zero-order chi connectivity index (χ0) is 24.9. The average molecular weight is 480 g/mol. The van der Waals surface area contributed by atoms with Gasteiger partial charge >= 0.3 is 0 Å². The summed E-state index contributed by atoms with van der Waals surface area (Å²) in [5, 5.41) is 4.11. The first kappa shape index (κ1) is 24.0. The molecule has 1 aromatic heterocycles. The van der Waals surface area contributed by atoms with E-state index in [2.05, 4.69) is 75.8 Å². The Morgan fingerprint density at radius 3 is 2.06 bits per heavy atom. The molecule has 1 amide bonds. The van der Waals surface area contributed by atoms with E-state index in [0.29, 0.717) is 6.54 Å². The molecule has 1 N–H and O–H groups in total. The lowest BCUT2D eigenvalue weighted by Crippen LogP contribution is -2.49. The van der Waals surface area contributed by atoms with Gasteiger partial charge in [-0.3, -0.25) is 14.6 Å². The van der Waals surface area contributed by atoms with Crippen LogP contribution in [0.4, 0.5) is 11.5 Å². The molecule has 1 fully saturated rings. The summed E-state index contributed by atoms with van der Waals surface area (Å²) in [6.45, 7) is 3.89. The predicted octanol–water partition coefficient (Wildman–Crippen LogP) is 4.65. The number of hydrogen-bond acceptors (Lipinski definition) is 5. The SMILES string of the molecule is CN(C)c1cc(NC(=O)CN2CCN(C(c3ccccc3)c3ccccc3)CC2)c2ccccc2n1. The molecule has 184 valence electrons. The highest BCUT2D eigenvalue weighted by atomic mass is 16.2. The molecule has 0 saturated carbocycles. The minimum atomic E-state index is 0.00665. The lowest BCUT2D eigenvalue weighted by Gasteiger charge is -2.39. The third-order valence-corrected chi connectivity index (χ3v) is 6.80. The van der Waals surface area contributed by atoms with Gasteiger partial charge in [-0.25, -0.2) is 4.98 Å². The third-order valence-electron chi connectivity index (χ3n) is 6.80. The molecule has 36 heavy (non-hydrogen) atoms. The number of rotatable bonds is 7. The van der Waals surface area contributed by atoms with E-state index in [-0.39, 0.29) is 11.9 Å². The average Bonchev–Trinajstić information content (AvgIpc) is 2.91. The lowest BCUT2D eigenvalue weighted by atomic mass is 9.96. The molecule has 0 spiro atoms. The Kier molecular flexibility index (Phi) is 7.26. The quantitative estimate of drug-likeness (QED) is 0.418. The van der Waals surface area contributed by atoms with Gasteiger partial charge in [0.2, 0.25) is 5.91 Å². The van der Waals surface area contributed by atoms with Crippen molar-refractivity contribution in [3.63, 3.8) is 0 Å². The highest BCUT2D eigenvalue weighted by molar-refractivity contribution is 6.02. The van der Waals surface area contributed by atoms with Crippen molar-refractivity contribution in [2.45, 2.75) is 6.04 Å². The van der Waals surface area contributed by atoms with Crippen LogP contribution >= 0.6 is 0 Å². The summed E-state index contributed by atoms with van der Waals surface area (Å²) in [5.74, 6) is 0.831. The van der Waals surface area contributed by atoms with Crippen LogP contribution in [0.2, 0.25) is 0 Å². The maximum Gasteiger partial charge on any atom is 0.238 e. The molecule has 0 aliphatic carbocycles. The molecular weight excluding hydrogens is 446 g/mol. The van der Waals surface area contributed by atoms with Gasteiger partial charge in [0, 0.05) is 51.7 Å². The number of piperazine rings is 1. The van der Waals surface area contributed by atoms with E-state index >= 15 is 0 Å². The number of para-hydroxylation sites is 1. The summed E-state index contributed by atoms with van der Waals surface area (Å²) in [5.41, 5.74) is 4.29. The number of fused-ring (bicyclic) bond motifs is 1. The number of carbonyl (C=O) groups is 1. The first-order valence-corrected chi connectivity index (χ1v) is 12.5. The van der Waals surface area contributed by atoms with Crippen LogP contribution < -0.4 is 10.2 Å². The number of hydrogen-bond donors (Lipinski definition) is 1. The Labute approximate surface area is 213 Å². The van der Waals surface area contributed by atoms with Crippen molar-refractivity contribution in [1.29, 1.82) is 0 Å². The highest BCUT2D eigenvalue weighted by Gasteiger charge is 2.27. The highest BCUT2D eigenvalue weighted by Crippen LogP contribution is 2.30. The van der Waals surface area contributed by atoms with Crippen LogP contribution in [0.15, 0.2) is 91.0 Å². The summed E-state index contributed by atoms with van der Waals surface area (Å²) in [6.07, 6.45) is 0. The minimum Gasteiger partial charge on any atom is -0.363 e. The van der Waals surface area contributed by atoms with E-state index in [9.17, 15) is 4.79 Å². The molecule has 0 radical (unpaired) electrons. The summed E-state index contributed by atoms with van der Waals surface area (Å²) in [4.78, 5) is 24.5. The van der Waals surface area contributed by atoms with E-state index in [0.717, 1.165) is 48.6 Å². The lowest BCUT2D eigenvalue weighted by molar-refractivity contribution is -0.117.